The lowest BCUT2D eigenvalue weighted by Crippen LogP contribution is -2.33. The average Bonchev–Trinajstić information content (AvgIpc) is 2.48. The van der Waals surface area contributed by atoms with Crippen LogP contribution in [0.15, 0.2) is 29.2 Å². The SMILES string of the molecule is CCCC1CC(Nc2ccc(S(=O)(=O)CC)cc2)CCO1. The third kappa shape index (κ3) is 4.45. The zero-order valence-corrected chi connectivity index (χ0v) is 13.7. The number of ether oxygens (including phenoxy) is 1. The van der Waals surface area contributed by atoms with Gasteiger partial charge < -0.3 is 10.1 Å². The fourth-order valence-corrected chi connectivity index (χ4v) is 3.58. The first-order chi connectivity index (χ1) is 10.0. The molecule has 1 N–H and O–H groups in total. The summed E-state index contributed by atoms with van der Waals surface area (Å²) in [6.45, 7) is 4.63. The van der Waals surface area contributed by atoms with Crippen molar-refractivity contribution in [2.75, 3.05) is 17.7 Å². The molecule has 0 aromatic heterocycles. The van der Waals surface area contributed by atoms with Gasteiger partial charge >= 0.3 is 0 Å². The zero-order valence-electron chi connectivity index (χ0n) is 12.8. The monoisotopic (exact) mass is 311 g/mol. The summed E-state index contributed by atoms with van der Waals surface area (Å²) < 4.78 is 29.3. The number of nitrogens with one attached hydrogen (secondary N) is 1. The van der Waals surface area contributed by atoms with Crippen molar-refractivity contribution in [3.05, 3.63) is 24.3 Å². The van der Waals surface area contributed by atoms with Gasteiger partial charge in [-0.3, -0.25) is 0 Å². The normalized spacial score (nSPS) is 23.0. The molecule has 4 nitrogen and oxygen atoms in total. The second kappa shape index (κ2) is 7.27. The van der Waals surface area contributed by atoms with E-state index in [1.165, 1.54) is 0 Å². The van der Waals surface area contributed by atoms with Crippen LogP contribution in [0.5, 0.6) is 0 Å². The van der Waals surface area contributed by atoms with Gasteiger partial charge in [-0.05, 0) is 43.5 Å². The van der Waals surface area contributed by atoms with E-state index in [0.29, 0.717) is 17.0 Å². The minimum absolute atomic E-state index is 0.137. The van der Waals surface area contributed by atoms with Crippen LogP contribution in [0, 0.1) is 0 Å². The molecule has 1 aliphatic heterocycles. The van der Waals surface area contributed by atoms with E-state index in [-0.39, 0.29) is 5.75 Å². The summed E-state index contributed by atoms with van der Waals surface area (Å²) in [5.41, 5.74) is 0.979. The van der Waals surface area contributed by atoms with Gasteiger partial charge in [0.2, 0.25) is 0 Å². The van der Waals surface area contributed by atoms with Crippen molar-refractivity contribution in [3.8, 4) is 0 Å². The molecule has 1 heterocycles. The fraction of sp³-hybridized carbons (Fsp3) is 0.625. The second-order valence-corrected chi connectivity index (χ2v) is 7.85. The maximum Gasteiger partial charge on any atom is 0.178 e. The Morgan fingerprint density at radius 2 is 1.95 bits per heavy atom. The highest BCUT2D eigenvalue weighted by molar-refractivity contribution is 7.91. The van der Waals surface area contributed by atoms with Gasteiger partial charge in [0, 0.05) is 18.3 Å². The minimum atomic E-state index is -3.11. The highest BCUT2D eigenvalue weighted by Crippen LogP contribution is 2.22. The standard InChI is InChI=1S/C16H25NO3S/c1-3-5-15-12-14(10-11-20-15)17-13-6-8-16(9-7-13)21(18,19)4-2/h6-9,14-15,17H,3-5,10-12H2,1-2H3. The van der Waals surface area contributed by atoms with Crippen LogP contribution in [0.4, 0.5) is 5.69 Å². The van der Waals surface area contributed by atoms with Gasteiger partial charge in [-0.25, -0.2) is 8.42 Å². The number of rotatable bonds is 6. The molecule has 2 atom stereocenters. The molecule has 0 aliphatic carbocycles. The van der Waals surface area contributed by atoms with Gasteiger partial charge in [-0.1, -0.05) is 20.3 Å². The quantitative estimate of drug-likeness (QED) is 0.876. The third-order valence-electron chi connectivity index (χ3n) is 3.94. The van der Waals surface area contributed by atoms with Crippen LogP contribution in [-0.2, 0) is 14.6 Å². The lowest BCUT2D eigenvalue weighted by atomic mass is 10.00. The molecule has 118 valence electrons. The summed E-state index contributed by atoms with van der Waals surface area (Å²) in [7, 11) is -3.11. The molecule has 2 unspecified atom stereocenters. The van der Waals surface area contributed by atoms with Crippen LogP contribution in [0.25, 0.3) is 0 Å². The number of benzene rings is 1. The maximum atomic E-state index is 11.8. The van der Waals surface area contributed by atoms with Crippen molar-refractivity contribution in [1.29, 1.82) is 0 Å². The molecule has 0 radical (unpaired) electrons. The minimum Gasteiger partial charge on any atom is -0.382 e. The largest absolute Gasteiger partial charge is 0.382 e. The summed E-state index contributed by atoms with van der Waals surface area (Å²) >= 11 is 0. The fourth-order valence-electron chi connectivity index (χ4n) is 2.70. The van der Waals surface area contributed by atoms with Crippen molar-refractivity contribution in [2.24, 2.45) is 0 Å². The molecular formula is C16H25NO3S. The van der Waals surface area contributed by atoms with E-state index >= 15 is 0 Å². The Kier molecular flexibility index (Phi) is 5.65. The zero-order chi connectivity index (χ0) is 15.3. The van der Waals surface area contributed by atoms with Crippen LogP contribution in [-0.4, -0.2) is 32.9 Å². The molecule has 1 aromatic carbocycles. The van der Waals surface area contributed by atoms with Crippen molar-refractivity contribution in [2.45, 2.75) is 56.6 Å². The lowest BCUT2D eigenvalue weighted by Gasteiger charge is -2.30. The average molecular weight is 311 g/mol. The predicted octanol–water partition coefficient (Wildman–Crippen LogP) is 3.24. The van der Waals surface area contributed by atoms with Crippen molar-refractivity contribution in [1.82, 2.24) is 0 Å². The molecule has 1 aromatic rings. The number of anilines is 1. The Balaban J connectivity index is 1.97. The summed E-state index contributed by atoms with van der Waals surface area (Å²) in [6, 6.07) is 7.48. The van der Waals surface area contributed by atoms with Gasteiger partial charge in [-0.15, -0.1) is 0 Å². The van der Waals surface area contributed by atoms with E-state index in [1.54, 1.807) is 19.1 Å². The Morgan fingerprint density at radius 1 is 1.24 bits per heavy atom. The number of hydrogen-bond acceptors (Lipinski definition) is 4. The van der Waals surface area contributed by atoms with Crippen LogP contribution in [0.3, 0.4) is 0 Å². The molecule has 1 saturated heterocycles. The predicted molar refractivity (Wildman–Crippen MR) is 85.5 cm³/mol. The van der Waals surface area contributed by atoms with E-state index in [4.69, 9.17) is 4.74 Å². The summed E-state index contributed by atoms with van der Waals surface area (Å²) in [5.74, 6) is 0.137. The molecular weight excluding hydrogens is 286 g/mol. The van der Waals surface area contributed by atoms with E-state index in [0.717, 1.165) is 38.0 Å². The van der Waals surface area contributed by atoms with Crippen molar-refractivity contribution in [3.63, 3.8) is 0 Å². The Bertz CT molecular complexity index is 537. The van der Waals surface area contributed by atoms with Crippen LogP contribution in [0.2, 0.25) is 0 Å². The van der Waals surface area contributed by atoms with Gasteiger partial charge in [0.15, 0.2) is 9.84 Å². The van der Waals surface area contributed by atoms with Crippen molar-refractivity contribution < 1.29 is 13.2 Å². The second-order valence-electron chi connectivity index (χ2n) is 5.57. The Morgan fingerprint density at radius 3 is 2.57 bits per heavy atom. The van der Waals surface area contributed by atoms with E-state index < -0.39 is 9.84 Å². The topological polar surface area (TPSA) is 55.4 Å². The lowest BCUT2D eigenvalue weighted by molar-refractivity contribution is 0.00598. The molecule has 21 heavy (non-hydrogen) atoms. The molecule has 5 heteroatoms. The van der Waals surface area contributed by atoms with Crippen LogP contribution >= 0.6 is 0 Å². The number of sulfone groups is 1. The molecule has 0 saturated carbocycles. The highest BCUT2D eigenvalue weighted by atomic mass is 32.2. The van der Waals surface area contributed by atoms with Gasteiger partial charge in [-0.2, -0.15) is 0 Å². The third-order valence-corrected chi connectivity index (χ3v) is 5.69. The Hall–Kier alpha value is -1.07. The number of hydrogen-bond donors (Lipinski definition) is 1. The summed E-state index contributed by atoms with van der Waals surface area (Å²) in [5, 5.41) is 3.49. The summed E-state index contributed by atoms with van der Waals surface area (Å²) in [6.07, 6.45) is 4.60. The summed E-state index contributed by atoms with van der Waals surface area (Å²) in [4.78, 5) is 0.395. The van der Waals surface area contributed by atoms with Gasteiger partial charge in [0.1, 0.15) is 0 Å². The van der Waals surface area contributed by atoms with Gasteiger partial charge in [0.25, 0.3) is 0 Å². The maximum absolute atomic E-state index is 11.8. The highest BCUT2D eigenvalue weighted by Gasteiger charge is 2.21. The molecule has 0 spiro atoms. The van der Waals surface area contributed by atoms with Crippen LogP contribution < -0.4 is 5.32 Å². The molecule has 0 amide bonds. The van der Waals surface area contributed by atoms with Gasteiger partial charge in [0.05, 0.1) is 16.8 Å². The van der Waals surface area contributed by atoms with E-state index in [9.17, 15) is 8.42 Å². The first kappa shape index (κ1) is 16.3. The molecule has 1 fully saturated rings. The first-order valence-electron chi connectivity index (χ1n) is 7.76. The van der Waals surface area contributed by atoms with E-state index in [1.807, 2.05) is 12.1 Å². The molecule has 1 aliphatic rings. The first-order valence-corrected chi connectivity index (χ1v) is 9.41. The molecule has 0 bridgehead atoms. The van der Waals surface area contributed by atoms with Crippen LogP contribution in [0.1, 0.15) is 39.5 Å². The van der Waals surface area contributed by atoms with Crippen molar-refractivity contribution >= 4 is 15.5 Å². The molecule has 2 rings (SSSR count). The van der Waals surface area contributed by atoms with E-state index in [2.05, 4.69) is 12.2 Å². The Labute approximate surface area is 127 Å². The smallest absolute Gasteiger partial charge is 0.178 e.